The molecule has 0 aliphatic heterocycles. The molecule has 10 heavy (non-hydrogen) atoms. The van der Waals surface area contributed by atoms with E-state index in [1.807, 2.05) is 19.1 Å². The third-order valence-corrected chi connectivity index (χ3v) is 1.09. The lowest BCUT2D eigenvalue weighted by molar-refractivity contribution is -0.112. The first-order valence-corrected chi connectivity index (χ1v) is 3.55. The van der Waals surface area contributed by atoms with Crippen LogP contribution in [-0.4, -0.2) is 5.78 Å². The molecule has 0 aliphatic rings. The lowest BCUT2D eigenvalue weighted by Crippen LogP contribution is -1.78. The summed E-state index contributed by atoms with van der Waals surface area (Å²) in [6.07, 6.45) is 9.61. The van der Waals surface area contributed by atoms with Crippen LogP contribution in [0, 0.1) is 0 Å². The van der Waals surface area contributed by atoms with Crippen molar-refractivity contribution >= 4 is 5.78 Å². The maximum absolute atomic E-state index is 10.4. The first-order valence-electron chi connectivity index (χ1n) is 3.55. The maximum Gasteiger partial charge on any atom is 0.152 e. The number of unbranched alkanes of at least 4 members (excludes halogenated alkanes) is 1. The second kappa shape index (κ2) is 6.27. The van der Waals surface area contributed by atoms with Crippen LogP contribution in [0.3, 0.4) is 0 Å². The molecule has 0 bridgehead atoms. The fraction of sp³-hybridized carbons (Fsp3) is 0.444. The van der Waals surface area contributed by atoms with Crippen LogP contribution in [0.4, 0.5) is 0 Å². The van der Waals surface area contributed by atoms with E-state index < -0.39 is 0 Å². The van der Waals surface area contributed by atoms with E-state index in [0.717, 1.165) is 12.8 Å². The summed E-state index contributed by atoms with van der Waals surface area (Å²) in [5.41, 5.74) is 0. The molecule has 0 aliphatic carbocycles. The fourth-order valence-electron chi connectivity index (χ4n) is 0.608. The van der Waals surface area contributed by atoms with Gasteiger partial charge in [-0.1, -0.05) is 18.2 Å². The molecule has 1 heteroatoms. The zero-order chi connectivity index (χ0) is 7.82. The summed E-state index contributed by atoms with van der Waals surface area (Å²) in [7, 11) is 0. The van der Waals surface area contributed by atoms with Crippen LogP contribution in [0.5, 0.6) is 0 Å². The van der Waals surface area contributed by atoms with Crippen LogP contribution in [0.25, 0.3) is 0 Å². The Morgan fingerprint density at radius 1 is 1.30 bits per heavy atom. The Balaban J connectivity index is 3.27. The molecular formula is C9H14O. The second-order valence-electron chi connectivity index (χ2n) is 2.16. The summed E-state index contributed by atoms with van der Waals surface area (Å²) >= 11 is 0. The first-order chi connectivity index (χ1) is 4.77. The number of carbonyl (C=O) groups is 1. The zero-order valence-electron chi connectivity index (χ0n) is 6.63. The Hall–Kier alpha value is -0.850. The molecule has 56 valence electrons. The summed E-state index contributed by atoms with van der Waals surface area (Å²) in [6, 6.07) is 0. The van der Waals surface area contributed by atoms with E-state index in [4.69, 9.17) is 0 Å². The van der Waals surface area contributed by atoms with Gasteiger partial charge in [-0.05, 0) is 32.8 Å². The molecule has 0 rings (SSSR count). The van der Waals surface area contributed by atoms with Crippen molar-refractivity contribution in [2.75, 3.05) is 0 Å². The fourth-order valence-corrected chi connectivity index (χ4v) is 0.608. The van der Waals surface area contributed by atoms with Crippen molar-refractivity contribution in [1.29, 1.82) is 0 Å². The molecule has 0 saturated carbocycles. The third kappa shape index (κ3) is 7.15. The molecule has 0 N–H and O–H groups in total. The van der Waals surface area contributed by atoms with Crippen molar-refractivity contribution in [2.45, 2.75) is 26.7 Å². The van der Waals surface area contributed by atoms with E-state index in [1.54, 1.807) is 13.0 Å². The molecule has 0 heterocycles. The van der Waals surface area contributed by atoms with Gasteiger partial charge >= 0.3 is 0 Å². The Bertz CT molecular complexity index is 143. The molecule has 0 amide bonds. The van der Waals surface area contributed by atoms with Crippen molar-refractivity contribution < 1.29 is 4.79 Å². The van der Waals surface area contributed by atoms with E-state index in [2.05, 4.69) is 6.08 Å². The Morgan fingerprint density at radius 3 is 2.40 bits per heavy atom. The summed E-state index contributed by atoms with van der Waals surface area (Å²) in [5, 5.41) is 0. The van der Waals surface area contributed by atoms with E-state index >= 15 is 0 Å². The van der Waals surface area contributed by atoms with Crippen LogP contribution in [0.2, 0.25) is 0 Å². The Morgan fingerprint density at radius 2 is 1.90 bits per heavy atom. The summed E-state index contributed by atoms with van der Waals surface area (Å²) < 4.78 is 0. The van der Waals surface area contributed by atoms with Crippen molar-refractivity contribution in [1.82, 2.24) is 0 Å². The number of ketones is 1. The molecule has 0 fully saturated rings. The Labute approximate surface area is 62.4 Å². The molecule has 0 saturated heterocycles. The summed E-state index contributed by atoms with van der Waals surface area (Å²) in [5.74, 6) is 0.125. The minimum absolute atomic E-state index is 0.125. The van der Waals surface area contributed by atoms with Crippen molar-refractivity contribution in [3.8, 4) is 0 Å². The smallest absolute Gasteiger partial charge is 0.152 e. The Kier molecular flexibility index (Phi) is 5.74. The van der Waals surface area contributed by atoms with Gasteiger partial charge in [0.15, 0.2) is 5.78 Å². The van der Waals surface area contributed by atoms with E-state index in [9.17, 15) is 4.79 Å². The molecular weight excluding hydrogens is 124 g/mol. The van der Waals surface area contributed by atoms with E-state index in [0.29, 0.717) is 0 Å². The molecule has 0 aromatic carbocycles. The zero-order valence-corrected chi connectivity index (χ0v) is 6.63. The van der Waals surface area contributed by atoms with Gasteiger partial charge in [-0.2, -0.15) is 0 Å². The van der Waals surface area contributed by atoms with Gasteiger partial charge in [-0.15, -0.1) is 0 Å². The molecule has 0 aromatic rings. The quantitative estimate of drug-likeness (QED) is 0.331. The van der Waals surface area contributed by atoms with Gasteiger partial charge in [0.25, 0.3) is 0 Å². The molecule has 0 aromatic heterocycles. The third-order valence-electron chi connectivity index (χ3n) is 1.09. The SMILES string of the molecule is CC=CCCC=CC(C)=O. The predicted octanol–water partition coefficient (Wildman–Crippen LogP) is 2.49. The number of rotatable bonds is 4. The predicted molar refractivity (Wildman–Crippen MR) is 43.9 cm³/mol. The van der Waals surface area contributed by atoms with Gasteiger partial charge in [0.2, 0.25) is 0 Å². The maximum atomic E-state index is 10.4. The molecule has 0 radical (unpaired) electrons. The second-order valence-corrected chi connectivity index (χ2v) is 2.16. The highest BCUT2D eigenvalue weighted by Gasteiger charge is 1.79. The van der Waals surface area contributed by atoms with Gasteiger partial charge < -0.3 is 0 Å². The molecule has 0 unspecified atom stereocenters. The van der Waals surface area contributed by atoms with Crippen molar-refractivity contribution in [3.05, 3.63) is 24.3 Å². The minimum atomic E-state index is 0.125. The number of hydrogen-bond donors (Lipinski definition) is 0. The summed E-state index contributed by atoms with van der Waals surface area (Å²) in [6.45, 7) is 3.56. The van der Waals surface area contributed by atoms with Crippen LogP contribution < -0.4 is 0 Å². The lowest BCUT2D eigenvalue weighted by Gasteiger charge is -1.83. The normalized spacial score (nSPS) is 11.4. The minimum Gasteiger partial charge on any atom is -0.295 e. The number of hydrogen-bond acceptors (Lipinski definition) is 1. The van der Waals surface area contributed by atoms with Crippen LogP contribution in [-0.2, 0) is 4.79 Å². The van der Waals surface area contributed by atoms with Crippen LogP contribution in [0.15, 0.2) is 24.3 Å². The lowest BCUT2D eigenvalue weighted by atomic mass is 10.2. The topological polar surface area (TPSA) is 17.1 Å². The van der Waals surface area contributed by atoms with Gasteiger partial charge in [0.1, 0.15) is 0 Å². The highest BCUT2D eigenvalue weighted by atomic mass is 16.1. The van der Waals surface area contributed by atoms with E-state index in [1.165, 1.54) is 0 Å². The standard InChI is InChI=1S/C9H14O/c1-3-4-5-6-7-8-9(2)10/h3-4,7-8H,5-6H2,1-2H3. The average molecular weight is 138 g/mol. The molecule has 1 nitrogen and oxygen atoms in total. The van der Waals surface area contributed by atoms with Crippen molar-refractivity contribution in [2.24, 2.45) is 0 Å². The monoisotopic (exact) mass is 138 g/mol. The first kappa shape index (κ1) is 9.15. The van der Waals surface area contributed by atoms with Gasteiger partial charge in [-0.25, -0.2) is 0 Å². The molecule has 0 spiro atoms. The highest BCUT2D eigenvalue weighted by Crippen LogP contribution is 1.92. The summed E-state index contributed by atoms with van der Waals surface area (Å²) in [4.78, 5) is 10.4. The van der Waals surface area contributed by atoms with E-state index in [-0.39, 0.29) is 5.78 Å². The van der Waals surface area contributed by atoms with Gasteiger partial charge in [-0.3, -0.25) is 4.79 Å². The number of carbonyl (C=O) groups excluding carboxylic acids is 1. The van der Waals surface area contributed by atoms with Crippen LogP contribution in [0.1, 0.15) is 26.7 Å². The van der Waals surface area contributed by atoms with Gasteiger partial charge in [0.05, 0.1) is 0 Å². The van der Waals surface area contributed by atoms with Crippen LogP contribution >= 0.6 is 0 Å². The molecule has 0 atom stereocenters. The van der Waals surface area contributed by atoms with Gasteiger partial charge in [0, 0.05) is 0 Å². The largest absolute Gasteiger partial charge is 0.295 e. The average Bonchev–Trinajstić information content (AvgIpc) is 1.87. The van der Waals surface area contributed by atoms with Crippen molar-refractivity contribution in [3.63, 3.8) is 0 Å². The number of allylic oxidation sites excluding steroid dienone is 4. The highest BCUT2D eigenvalue weighted by molar-refractivity contribution is 5.87.